The number of nitrogens with zero attached hydrogens (tertiary/aromatic N) is 1. The average molecular weight is 421 g/mol. The zero-order valence-electron chi connectivity index (χ0n) is 11.6. The average Bonchev–Trinajstić information content (AvgIpc) is 2.47. The zero-order valence-corrected chi connectivity index (χ0v) is 14.6. The molecule has 1 atom stereocenters. The Morgan fingerprint density at radius 2 is 2.19 bits per heavy atom. The van der Waals surface area contributed by atoms with Gasteiger partial charge in [-0.3, -0.25) is 9.59 Å². The van der Waals surface area contributed by atoms with Crippen molar-refractivity contribution in [3.63, 3.8) is 0 Å². The van der Waals surface area contributed by atoms with Crippen LogP contribution in [0.4, 0.5) is 0 Å². The number of likely N-dealkylation sites (tertiary alicyclic amines) is 1. The van der Waals surface area contributed by atoms with Crippen molar-refractivity contribution in [2.24, 2.45) is 11.7 Å². The van der Waals surface area contributed by atoms with Crippen LogP contribution in [0.5, 0.6) is 0 Å². The first-order valence-electron chi connectivity index (χ1n) is 7.00. The van der Waals surface area contributed by atoms with Crippen LogP contribution >= 0.6 is 34.2 Å². The molecule has 1 heterocycles. The van der Waals surface area contributed by atoms with E-state index >= 15 is 0 Å². The standard InChI is InChI=1S/C15H18ClIN2O2/c16-12-5-4-11(8-13(12)17)15(21)19-7-1-2-10(9-19)3-6-14(18)20/h4-5,8,10H,1-3,6-7,9H2,(H2,18,20)/t10-/m1/s1. The molecule has 0 aliphatic carbocycles. The highest BCUT2D eigenvalue weighted by molar-refractivity contribution is 14.1. The summed E-state index contributed by atoms with van der Waals surface area (Å²) in [5.41, 5.74) is 5.86. The number of piperidine rings is 1. The number of rotatable bonds is 4. The summed E-state index contributed by atoms with van der Waals surface area (Å²) in [6, 6.07) is 5.34. The molecule has 1 aromatic carbocycles. The van der Waals surface area contributed by atoms with E-state index in [1.54, 1.807) is 12.1 Å². The normalized spacial score (nSPS) is 18.6. The minimum Gasteiger partial charge on any atom is -0.370 e. The Hall–Kier alpha value is -0.820. The molecule has 0 saturated carbocycles. The third kappa shape index (κ3) is 4.57. The van der Waals surface area contributed by atoms with Gasteiger partial charge in [-0.25, -0.2) is 0 Å². The molecule has 1 aromatic rings. The lowest BCUT2D eigenvalue weighted by molar-refractivity contribution is -0.118. The number of halogens is 2. The molecular weight excluding hydrogens is 403 g/mol. The van der Waals surface area contributed by atoms with Gasteiger partial charge in [-0.2, -0.15) is 0 Å². The topological polar surface area (TPSA) is 63.4 Å². The summed E-state index contributed by atoms with van der Waals surface area (Å²) in [5, 5.41) is 0.658. The lowest BCUT2D eigenvalue weighted by atomic mass is 9.93. The predicted octanol–water partition coefficient (Wildman–Crippen LogP) is 3.06. The van der Waals surface area contributed by atoms with E-state index < -0.39 is 0 Å². The molecule has 21 heavy (non-hydrogen) atoms. The number of hydrogen-bond acceptors (Lipinski definition) is 2. The Morgan fingerprint density at radius 1 is 1.43 bits per heavy atom. The van der Waals surface area contributed by atoms with Crippen molar-refractivity contribution in [3.05, 3.63) is 32.4 Å². The number of benzene rings is 1. The van der Waals surface area contributed by atoms with E-state index in [0.29, 0.717) is 29.5 Å². The first kappa shape index (κ1) is 16.5. The summed E-state index contributed by atoms with van der Waals surface area (Å²) in [6.45, 7) is 1.47. The second-order valence-corrected chi connectivity index (χ2v) is 6.96. The highest BCUT2D eigenvalue weighted by atomic mass is 127. The molecule has 0 aromatic heterocycles. The molecule has 1 fully saturated rings. The Labute approximate surface area is 143 Å². The van der Waals surface area contributed by atoms with Gasteiger partial charge in [-0.05, 0) is 66.0 Å². The number of nitrogens with two attached hydrogens (primary N) is 1. The summed E-state index contributed by atoms with van der Waals surface area (Å²) in [4.78, 5) is 25.3. The van der Waals surface area contributed by atoms with Crippen LogP contribution in [0.25, 0.3) is 0 Å². The maximum absolute atomic E-state index is 12.5. The molecule has 0 radical (unpaired) electrons. The molecule has 6 heteroatoms. The molecule has 1 saturated heterocycles. The van der Waals surface area contributed by atoms with E-state index in [4.69, 9.17) is 17.3 Å². The summed E-state index contributed by atoms with van der Waals surface area (Å²) in [6.07, 6.45) is 3.18. The van der Waals surface area contributed by atoms with Crippen LogP contribution in [-0.4, -0.2) is 29.8 Å². The van der Waals surface area contributed by atoms with Gasteiger partial charge in [0.1, 0.15) is 0 Å². The summed E-state index contributed by atoms with van der Waals surface area (Å²) >= 11 is 8.11. The van der Waals surface area contributed by atoms with Crippen LogP contribution in [-0.2, 0) is 4.79 Å². The van der Waals surface area contributed by atoms with E-state index in [9.17, 15) is 9.59 Å². The van der Waals surface area contributed by atoms with Crippen LogP contribution in [0.1, 0.15) is 36.0 Å². The molecular formula is C15H18ClIN2O2. The molecule has 2 N–H and O–H groups in total. The van der Waals surface area contributed by atoms with Crippen molar-refractivity contribution in [2.45, 2.75) is 25.7 Å². The first-order valence-corrected chi connectivity index (χ1v) is 8.45. The van der Waals surface area contributed by atoms with Crippen LogP contribution in [0, 0.1) is 9.49 Å². The molecule has 0 spiro atoms. The smallest absolute Gasteiger partial charge is 0.253 e. The zero-order chi connectivity index (χ0) is 15.4. The largest absolute Gasteiger partial charge is 0.370 e. The van der Waals surface area contributed by atoms with E-state index in [1.807, 2.05) is 11.0 Å². The number of amides is 2. The number of primary amides is 1. The second kappa shape index (κ2) is 7.45. The van der Waals surface area contributed by atoms with E-state index in [-0.39, 0.29) is 11.8 Å². The van der Waals surface area contributed by atoms with Crippen LogP contribution in [0.3, 0.4) is 0 Å². The lowest BCUT2D eigenvalue weighted by Crippen LogP contribution is -2.40. The Bertz CT molecular complexity index is 550. The van der Waals surface area contributed by atoms with Crippen molar-refractivity contribution in [1.82, 2.24) is 4.90 Å². The van der Waals surface area contributed by atoms with Gasteiger partial charge in [-0.15, -0.1) is 0 Å². The molecule has 1 aliphatic rings. The maximum atomic E-state index is 12.5. The fourth-order valence-corrected chi connectivity index (χ4v) is 3.28. The van der Waals surface area contributed by atoms with Crippen molar-refractivity contribution in [3.8, 4) is 0 Å². The summed E-state index contributed by atoms with van der Waals surface area (Å²) in [7, 11) is 0. The van der Waals surface area contributed by atoms with Gasteiger partial charge in [0.25, 0.3) is 5.91 Å². The number of carbonyl (C=O) groups excluding carboxylic acids is 2. The fourth-order valence-electron chi connectivity index (χ4n) is 2.64. The van der Waals surface area contributed by atoms with E-state index in [0.717, 1.165) is 29.4 Å². The highest BCUT2D eigenvalue weighted by Gasteiger charge is 2.24. The Kier molecular flexibility index (Phi) is 5.87. The van der Waals surface area contributed by atoms with Crippen LogP contribution < -0.4 is 5.73 Å². The van der Waals surface area contributed by atoms with E-state index in [1.165, 1.54) is 0 Å². The molecule has 114 valence electrons. The predicted molar refractivity (Wildman–Crippen MR) is 91.2 cm³/mol. The fraction of sp³-hybridized carbons (Fsp3) is 0.467. The van der Waals surface area contributed by atoms with E-state index in [2.05, 4.69) is 22.6 Å². The van der Waals surface area contributed by atoms with Gasteiger partial charge in [0.05, 0.1) is 5.02 Å². The molecule has 4 nitrogen and oxygen atoms in total. The summed E-state index contributed by atoms with van der Waals surface area (Å²) < 4.78 is 0.877. The monoisotopic (exact) mass is 420 g/mol. The van der Waals surface area contributed by atoms with Crippen molar-refractivity contribution < 1.29 is 9.59 Å². The van der Waals surface area contributed by atoms with Gasteiger partial charge < -0.3 is 10.6 Å². The van der Waals surface area contributed by atoms with Crippen LogP contribution in [0.2, 0.25) is 5.02 Å². The van der Waals surface area contributed by atoms with Gasteiger partial charge in [0, 0.05) is 28.6 Å². The SMILES string of the molecule is NC(=O)CC[C@H]1CCCN(C(=O)c2ccc(Cl)c(I)c2)C1. The molecule has 2 amide bonds. The number of hydrogen-bond donors (Lipinski definition) is 1. The third-order valence-electron chi connectivity index (χ3n) is 3.77. The maximum Gasteiger partial charge on any atom is 0.253 e. The van der Waals surface area contributed by atoms with Gasteiger partial charge in [0.15, 0.2) is 0 Å². The minimum absolute atomic E-state index is 0.0355. The first-order chi connectivity index (χ1) is 9.97. The molecule has 0 unspecified atom stereocenters. The van der Waals surface area contributed by atoms with Gasteiger partial charge >= 0.3 is 0 Å². The lowest BCUT2D eigenvalue weighted by Gasteiger charge is -2.32. The third-order valence-corrected chi connectivity index (χ3v) is 5.31. The second-order valence-electron chi connectivity index (χ2n) is 5.39. The minimum atomic E-state index is -0.272. The van der Waals surface area contributed by atoms with Gasteiger partial charge in [0.2, 0.25) is 5.91 Å². The van der Waals surface area contributed by atoms with Crippen molar-refractivity contribution in [1.29, 1.82) is 0 Å². The highest BCUT2D eigenvalue weighted by Crippen LogP contribution is 2.24. The quantitative estimate of drug-likeness (QED) is 0.761. The number of carbonyl (C=O) groups is 2. The summed E-state index contributed by atoms with van der Waals surface area (Å²) in [5.74, 6) is 0.126. The van der Waals surface area contributed by atoms with Gasteiger partial charge in [-0.1, -0.05) is 11.6 Å². The van der Waals surface area contributed by atoms with Crippen molar-refractivity contribution in [2.75, 3.05) is 13.1 Å². The van der Waals surface area contributed by atoms with Crippen molar-refractivity contribution >= 4 is 46.0 Å². The molecule has 2 rings (SSSR count). The Balaban J connectivity index is 2.01. The van der Waals surface area contributed by atoms with Crippen LogP contribution in [0.15, 0.2) is 18.2 Å². The molecule has 0 bridgehead atoms. The Morgan fingerprint density at radius 3 is 2.86 bits per heavy atom. The molecule has 1 aliphatic heterocycles.